The van der Waals surface area contributed by atoms with E-state index < -0.39 is 24.5 Å². The number of anilines is 1. The van der Waals surface area contributed by atoms with Gasteiger partial charge in [-0.3, -0.25) is 0 Å². The maximum Gasteiger partial charge on any atom is 0.164 e. The van der Waals surface area contributed by atoms with Crippen LogP contribution in [0.25, 0.3) is 11.0 Å². The lowest BCUT2D eigenvalue weighted by Gasteiger charge is -2.27. The SMILES string of the molecule is OC[C@H]1O[C@@H](n2cnc3c(NC4CCC4)nccc32)[C@@H](O)C1O. The average molecular weight is 320 g/mol. The minimum absolute atomic E-state index is 0.350. The van der Waals surface area contributed by atoms with Crippen LogP contribution in [-0.2, 0) is 4.74 Å². The van der Waals surface area contributed by atoms with E-state index in [9.17, 15) is 15.3 Å². The third-order valence-corrected chi connectivity index (χ3v) is 4.73. The van der Waals surface area contributed by atoms with Crippen molar-refractivity contribution in [1.82, 2.24) is 14.5 Å². The smallest absolute Gasteiger partial charge is 0.164 e. The van der Waals surface area contributed by atoms with Gasteiger partial charge in [0.2, 0.25) is 0 Å². The molecule has 1 unspecified atom stereocenters. The van der Waals surface area contributed by atoms with Gasteiger partial charge in [-0.2, -0.15) is 0 Å². The first-order valence-corrected chi connectivity index (χ1v) is 7.89. The van der Waals surface area contributed by atoms with Crippen LogP contribution >= 0.6 is 0 Å². The number of imidazole rings is 1. The zero-order chi connectivity index (χ0) is 16.0. The van der Waals surface area contributed by atoms with Crippen LogP contribution in [0.15, 0.2) is 18.6 Å². The fraction of sp³-hybridized carbons (Fsp3) is 0.600. The van der Waals surface area contributed by atoms with Crippen LogP contribution in [-0.4, -0.2) is 60.8 Å². The molecule has 0 spiro atoms. The molecule has 0 amide bonds. The molecule has 1 saturated heterocycles. The van der Waals surface area contributed by atoms with Crippen LogP contribution in [0.5, 0.6) is 0 Å². The zero-order valence-corrected chi connectivity index (χ0v) is 12.5. The van der Waals surface area contributed by atoms with Gasteiger partial charge in [-0.05, 0) is 25.3 Å². The molecule has 4 rings (SSSR count). The van der Waals surface area contributed by atoms with Crippen molar-refractivity contribution in [2.75, 3.05) is 11.9 Å². The van der Waals surface area contributed by atoms with Crippen molar-refractivity contribution in [3.63, 3.8) is 0 Å². The van der Waals surface area contributed by atoms with E-state index in [2.05, 4.69) is 15.3 Å². The molecule has 0 aromatic carbocycles. The third kappa shape index (κ3) is 2.38. The summed E-state index contributed by atoms with van der Waals surface area (Å²) >= 11 is 0. The Morgan fingerprint density at radius 1 is 1.26 bits per heavy atom. The lowest BCUT2D eigenvalue weighted by Crippen LogP contribution is -2.33. The van der Waals surface area contributed by atoms with E-state index in [1.54, 1.807) is 23.2 Å². The van der Waals surface area contributed by atoms with Gasteiger partial charge in [0.1, 0.15) is 23.8 Å². The highest BCUT2D eigenvalue weighted by atomic mass is 16.6. The number of aromatic nitrogens is 3. The fourth-order valence-electron chi connectivity index (χ4n) is 3.13. The van der Waals surface area contributed by atoms with Gasteiger partial charge >= 0.3 is 0 Å². The molecule has 2 aliphatic rings. The van der Waals surface area contributed by atoms with E-state index in [-0.39, 0.29) is 6.61 Å². The Bertz CT molecular complexity index is 702. The van der Waals surface area contributed by atoms with Gasteiger partial charge in [-0.15, -0.1) is 0 Å². The van der Waals surface area contributed by atoms with Gasteiger partial charge in [-0.25, -0.2) is 9.97 Å². The number of rotatable bonds is 4. The minimum Gasteiger partial charge on any atom is -0.394 e. The first kappa shape index (κ1) is 14.8. The topological polar surface area (TPSA) is 113 Å². The third-order valence-electron chi connectivity index (χ3n) is 4.73. The molecule has 8 heteroatoms. The Labute approximate surface area is 132 Å². The monoisotopic (exact) mass is 320 g/mol. The molecule has 1 aliphatic carbocycles. The van der Waals surface area contributed by atoms with E-state index >= 15 is 0 Å². The molecular weight excluding hydrogens is 300 g/mol. The molecule has 8 nitrogen and oxygen atoms in total. The van der Waals surface area contributed by atoms with E-state index in [0.29, 0.717) is 11.6 Å². The summed E-state index contributed by atoms with van der Waals surface area (Å²) in [6.07, 6.45) is 2.90. The maximum absolute atomic E-state index is 10.2. The van der Waals surface area contributed by atoms with Gasteiger partial charge in [0.05, 0.1) is 18.5 Å². The van der Waals surface area contributed by atoms with Crippen LogP contribution in [0.1, 0.15) is 25.5 Å². The van der Waals surface area contributed by atoms with Crippen molar-refractivity contribution >= 4 is 16.9 Å². The number of hydrogen-bond donors (Lipinski definition) is 4. The largest absolute Gasteiger partial charge is 0.394 e. The lowest BCUT2D eigenvalue weighted by atomic mass is 9.93. The summed E-state index contributed by atoms with van der Waals surface area (Å²) < 4.78 is 7.25. The summed E-state index contributed by atoms with van der Waals surface area (Å²) in [6.45, 7) is -0.350. The Morgan fingerprint density at radius 3 is 2.74 bits per heavy atom. The summed E-state index contributed by atoms with van der Waals surface area (Å²) in [5.74, 6) is 0.720. The second-order valence-electron chi connectivity index (χ2n) is 6.18. The molecule has 1 aliphatic heterocycles. The van der Waals surface area contributed by atoms with E-state index in [1.807, 2.05) is 0 Å². The van der Waals surface area contributed by atoms with Crippen molar-refractivity contribution in [3.8, 4) is 0 Å². The van der Waals surface area contributed by atoms with Crippen LogP contribution < -0.4 is 5.32 Å². The molecule has 1 saturated carbocycles. The number of aliphatic hydroxyl groups excluding tert-OH is 3. The Hall–Kier alpha value is -1.74. The summed E-state index contributed by atoms with van der Waals surface area (Å²) in [6, 6.07) is 2.23. The van der Waals surface area contributed by atoms with Crippen molar-refractivity contribution in [3.05, 3.63) is 18.6 Å². The predicted molar refractivity (Wildman–Crippen MR) is 81.8 cm³/mol. The molecule has 23 heavy (non-hydrogen) atoms. The van der Waals surface area contributed by atoms with Crippen molar-refractivity contribution in [2.45, 2.75) is 49.8 Å². The normalized spacial score (nSPS) is 31.4. The predicted octanol–water partition coefficient (Wildman–Crippen LogP) is 0.00720. The number of pyridine rings is 1. The molecule has 2 aromatic heterocycles. The van der Waals surface area contributed by atoms with Gasteiger partial charge in [0.15, 0.2) is 12.0 Å². The number of fused-ring (bicyclic) bond motifs is 1. The highest BCUT2D eigenvalue weighted by Crippen LogP contribution is 2.33. The van der Waals surface area contributed by atoms with Crippen LogP contribution in [0, 0.1) is 0 Å². The maximum atomic E-state index is 10.2. The molecule has 3 heterocycles. The molecule has 0 bridgehead atoms. The molecule has 124 valence electrons. The number of nitrogens with one attached hydrogen (secondary N) is 1. The van der Waals surface area contributed by atoms with Gasteiger partial charge < -0.3 is 29.9 Å². The highest BCUT2D eigenvalue weighted by molar-refractivity contribution is 5.86. The average Bonchev–Trinajstić information content (AvgIpc) is 3.06. The lowest BCUT2D eigenvalue weighted by molar-refractivity contribution is -0.0508. The Kier molecular flexibility index (Phi) is 3.68. The first-order valence-electron chi connectivity index (χ1n) is 7.89. The standard InChI is InChI=1S/C15H20N4O4/c20-6-10-12(21)13(22)15(23-10)19-7-17-11-9(19)4-5-16-14(11)18-8-2-1-3-8/h4-5,7-8,10,12-13,15,20-22H,1-3,6H2,(H,16,18)/t10-,12?,13+,15-/m1/s1. The number of aliphatic hydroxyl groups is 3. The summed E-state index contributed by atoms with van der Waals surface area (Å²) in [5.41, 5.74) is 1.47. The first-order chi connectivity index (χ1) is 11.2. The Morgan fingerprint density at radius 2 is 2.09 bits per heavy atom. The van der Waals surface area contributed by atoms with E-state index in [1.165, 1.54) is 6.42 Å². The molecule has 0 radical (unpaired) electrons. The molecule has 2 fully saturated rings. The molecule has 4 N–H and O–H groups in total. The van der Waals surface area contributed by atoms with Crippen LogP contribution in [0.4, 0.5) is 5.82 Å². The minimum atomic E-state index is -1.13. The van der Waals surface area contributed by atoms with Crippen molar-refractivity contribution in [2.24, 2.45) is 0 Å². The number of nitrogens with zero attached hydrogens (tertiary/aromatic N) is 3. The fourth-order valence-corrected chi connectivity index (χ4v) is 3.13. The summed E-state index contributed by atoms with van der Waals surface area (Å²) in [5, 5.41) is 32.7. The number of hydrogen-bond acceptors (Lipinski definition) is 7. The quantitative estimate of drug-likeness (QED) is 0.627. The van der Waals surface area contributed by atoms with Gasteiger partial charge in [0.25, 0.3) is 0 Å². The molecular formula is C15H20N4O4. The summed E-state index contributed by atoms with van der Waals surface area (Å²) in [4.78, 5) is 8.74. The van der Waals surface area contributed by atoms with Crippen LogP contribution in [0.2, 0.25) is 0 Å². The molecule has 2 aromatic rings. The van der Waals surface area contributed by atoms with Gasteiger partial charge in [0, 0.05) is 12.2 Å². The summed E-state index contributed by atoms with van der Waals surface area (Å²) in [7, 11) is 0. The second kappa shape index (κ2) is 5.72. The van der Waals surface area contributed by atoms with E-state index in [0.717, 1.165) is 24.2 Å². The van der Waals surface area contributed by atoms with E-state index in [4.69, 9.17) is 4.74 Å². The molecule has 4 atom stereocenters. The van der Waals surface area contributed by atoms with Crippen LogP contribution in [0.3, 0.4) is 0 Å². The van der Waals surface area contributed by atoms with Gasteiger partial charge in [-0.1, -0.05) is 0 Å². The van der Waals surface area contributed by atoms with Crippen molar-refractivity contribution in [1.29, 1.82) is 0 Å². The zero-order valence-electron chi connectivity index (χ0n) is 12.5. The Balaban J connectivity index is 1.67. The van der Waals surface area contributed by atoms with Crippen molar-refractivity contribution < 1.29 is 20.1 Å². The number of ether oxygens (including phenoxy) is 1. The second-order valence-corrected chi connectivity index (χ2v) is 6.18. The highest BCUT2D eigenvalue weighted by Gasteiger charge is 2.43.